The summed E-state index contributed by atoms with van der Waals surface area (Å²) in [4.78, 5) is 0. The minimum Gasteiger partial charge on any atom is -0.406 e. The first-order valence-electron chi connectivity index (χ1n) is 6.29. The van der Waals surface area contributed by atoms with Crippen molar-refractivity contribution in [3.63, 3.8) is 0 Å². The van der Waals surface area contributed by atoms with E-state index < -0.39 is 6.36 Å². The molecule has 1 N–H and O–H groups in total. The number of benzene rings is 1. The van der Waals surface area contributed by atoms with Crippen molar-refractivity contribution in [2.75, 3.05) is 6.61 Å². The SMILES string of the molecule is CCC(CC)(CO)Cc1ccc(OC(F)(F)F)cc1. The van der Waals surface area contributed by atoms with Crippen LogP contribution in [0.1, 0.15) is 32.3 Å². The largest absolute Gasteiger partial charge is 0.573 e. The van der Waals surface area contributed by atoms with E-state index in [1.165, 1.54) is 12.1 Å². The average molecular weight is 276 g/mol. The van der Waals surface area contributed by atoms with Crippen molar-refractivity contribution in [3.05, 3.63) is 29.8 Å². The third-order valence-corrected chi connectivity index (χ3v) is 3.57. The Morgan fingerprint density at radius 1 is 1.05 bits per heavy atom. The van der Waals surface area contributed by atoms with Gasteiger partial charge in [-0.1, -0.05) is 26.0 Å². The molecule has 0 aromatic heterocycles. The number of aliphatic hydroxyl groups excluding tert-OH is 1. The summed E-state index contributed by atoms with van der Waals surface area (Å²) in [6.07, 6.45) is -2.38. The number of hydrogen-bond acceptors (Lipinski definition) is 2. The van der Waals surface area contributed by atoms with Gasteiger partial charge in [0.25, 0.3) is 0 Å². The molecule has 108 valence electrons. The minimum absolute atomic E-state index is 0.0702. The maximum Gasteiger partial charge on any atom is 0.573 e. The fourth-order valence-corrected chi connectivity index (χ4v) is 2.02. The maximum absolute atomic E-state index is 12.0. The second kappa shape index (κ2) is 6.28. The predicted octanol–water partition coefficient (Wildman–Crippen LogP) is 3.93. The van der Waals surface area contributed by atoms with Gasteiger partial charge in [0.15, 0.2) is 0 Å². The second-order valence-corrected chi connectivity index (χ2v) is 4.73. The number of ether oxygens (including phenoxy) is 1. The van der Waals surface area contributed by atoms with Gasteiger partial charge in [-0.25, -0.2) is 0 Å². The molecule has 0 heterocycles. The second-order valence-electron chi connectivity index (χ2n) is 4.73. The molecule has 2 nitrogen and oxygen atoms in total. The van der Waals surface area contributed by atoms with Crippen molar-refractivity contribution in [1.82, 2.24) is 0 Å². The van der Waals surface area contributed by atoms with E-state index in [0.717, 1.165) is 18.4 Å². The van der Waals surface area contributed by atoms with E-state index in [-0.39, 0.29) is 17.8 Å². The fourth-order valence-electron chi connectivity index (χ4n) is 2.02. The molecule has 0 aliphatic carbocycles. The van der Waals surface area contributed by atoms with Gasteiger partial charge in [0.2, 0.25) is 0 Å². The van der Waals surface area contributed by atoms with E-state index in [4.69, 9.17) is 0 Å². The van der Waals surface area contributed by atoms with Crippen LogP contribution in [0.2, 0.25) is 0 Å². The Labute approximate surface area is 111 Å². The molecule has 0 saturated heterocycles. The third-order valence-electron chi connectivity index (χ3n) is 3.57. The van der Waals surface area contributed by atoms with Crippen LogP contribution in [0.15, 0.2) is 24.3 Å². The zero-order valence-electron chi connectivity index (χ0n) is 11.1. The lowest BCUT2D eigenvalue weighted by molar-refractivity contribution is -0.274. The van der Waals surface area contributed by atoms with Crippen LogP contribution in [0.5, 0.6) is 5.75 Å². The van der Waals surface area contributed by atoms with Crippen LogP contribution in [0.4, 0.5) is 13.2 Å². The Kier molecular flexibility index (Phi) is 5.23. The topological polar surface area (TPSA) is 29.5 Å². The van der Waals surface area contributed by atoms with E-state index in [1.54, 1.807) is 12.1 Å². The summed E-state index contributed by atoms with van der Waals surface area (Å²) in [5.41, 5.74) is 0.694. The van der Waals surface area contributed by atoms with Crippen molar-refractivity contribution in [1.29, 1.82) is 0 Å². The Bertz CT molecular complexity index is 372. The fraction of sp³-hybridized carbons (Fsp3) is 0.571. The standard InChI is InChI=1S/C14H19F3O2/c1-3-13(4-2,10-18)9-11-5-7-12(8-6-11)19-14(15,16)17/h5-8,18H,3-4,9-10H2,1-2H3. The molecule has 0 unspecified atom stereocenters. The van der Waals surface area contributed by atoms with Crippen LogP contribution in [0.25, 0.3) is 0 Å². The van der Waals surface area contributed by atoms with Gasteiger partial charge in [0, 0.05) is 6.61 Å². The summed E-state index contributed by atoms with van der Waals surface area (Å²) in [5.74, 6) is -0.223. The van der Waals surface area contributed by atoms with Crippen molar-refractivity contribution in [2.45, 2.75) is 39.5 Å². The molecule has 0 bridgehead atoms. The van der Waals surface area contributed by atoms with Crippen LogP contribution in [0.3, 0.4) is 0 Å². The molecular formula is C14H19F3O2. The highest BCUT2D eigenvalue weighted by atomic mass is 19.4. The van der Waals surface area contributed by atoms with Crippen molar-refractivity contribution >= 4 is 0 Å². The molecule has 0 radical (unpaired) electrons. The summed E-state index contributed by atoms with van der Waals surface area (Å²) in [7, 11) is 0. The van der Waals surface area contributed by atoms with E-state index in [0.29, 0.717) is 6.42 Å². The average Bonchev–Trinajstić information content (AvgIpc) is 2.37. The first-order valence-corrected chi connectivity index (χ1v) is 6.29. The van der Waals surface area contributed by atoms with Gasteiger partial charge >= 0.3 is 6.36 Å². The number of alkyl halides is 3. The predicted molar refractivity (Wildman–Crippen MR) is 66.9 cm³/mol. The number of hydrogen-bond donors (Lipinski definition) is 1. The maximum atomic E-state index is 12.0. The molecule has 0 atom stereocenters. The smallest absolute Gasteiger partial charge is 0.406 e. The summed E-state index contributed by atoms with van der Waals surface area (Å²) < 4.78 is 39.9. The molecule has 1 aromatic carbocycles. The third kappa shape index (κ3) is 4.74. The number of aliphatic hydroxyl groups is 1. The molecule has 0 saturated carbocycles. The molecule has 0 aliphatic heterocycles. The van der Waals surface area contributed by atoms with Crippen molar-refractivity contribution in [2.24, 2.45) is 5.41 Å². The number of rotatable bonds is 6. The Morgan fingerprint density at radius 3 is 1.95 bits per heavy atom. The molecule has 0 spiro atoms. The van der Waals surface area contributed by atoms with E-state index >= 15 is 0 Å². The summed E-state index contributed by atoms with van der Waals surface area (Å²) >= 11 is 0. The van der Waals surface area contributed by atoms with E-state index in [1.807, 2.05) is 13.8 Å². The quantitative estimate of drug-likeness (QED) is 0.853. The van der Waals surface area contributed by atoms with Gasteiger partial charge in [0.1, 0.15) is 5.75 Å². The summed E-state index contributed by atoms with van der Waals surface area (Å²) in [5, 5.41) is 9.47. The van der Waals surface area contributed by atoms with Gasteiger partial charge < -0.3 is 9.84 Å². The molecule has 1 aromatic rings. The highest BCUT2D eigenvalue weighted by molar-refractivity contribution is 5.28. The Balaban J connectivity index is 2.76. The summed E-state index contributed by atoms with van der Waals surface area (Å²) in [6.45, 7) is 4.07. The zero-order valence-corrected chi connectivity index (χ0v) is 11.1. The molecular weight excluding hydrogens is 257 g/mol. The lowest BCUT2D eigenvalue weighted by atomic mass is 9.78. The normalized spacial score (nSPS) is 12.5. The first kappa shape index (κ1) is 15.8. The van der Waals surface area contributed by atoms with Gasteiger partial charge in [-0.15, -0.1) is 13.2 Å². The van der Waals surface area contributed by atoms with Crippen molar-refractivity contribution < 1.29 is 23.0 Å². The van der Waals surface area contributed by atoms with Crippen LogP contribution in [-0.4, -0.2) is 18.1 Å². The first-order chi connectivity index (χ1) is 8.84. The zero-order chi connectivity index (χ0) is 14.5. The van der Waals surface area contributed by atoms with Gasteiger partial charge in [-0.2, -0.15) is 0 Å². The monoisotopic (exact) mass is 276 g/mol. The molecule has 1 rings (SSSR count). The van der Waals surface area contributed by atoms with Gasteiger partial charge in [0.05, 0.1) is 0 Å². The molecule has 0 amide bonds. The van der Waals surface area contributed by atoms with Crippen LogP contribution < -0.4 is 4.74 Å². The Morgan fingerprint density at radius 2 is 1.58 bits per heavy atom. The van der Waals surface area contributed by atoms with Crippen LogP contribution in [-0.2, 0) is 6.42 Å². The van der Waals surface area contributed by atoms with E-state index in [9.17, 15) is 18.3 Å². The molecule has 19 heavy (non-hydrogen) atoms. The highest BCUT2D eigenvalue weighted by Gasteiger charge is 2.31. The number of halogens is 3. The molecule has 0 aliphatic rings. The van der Waals surface area contributed by atoms with E-state index in [2.05, 4.69) is 4.74 Å². The van der Waals surface area contributed by atoms with Crippen LogP contribution >= 0.6 is 0 Å². The lowest BCUT2D eigenvalue weighted by Crippen LogP contribution is -2.26. The Hall–Kier alpha value is -1.23. The van der Waals surface area contributed by atoms with Gasteiger partial charge in [-0.3, -0.25) is 0 Å². The van der Waals surface area contributed by atoms with Gasteiger partial charge in [-0.05, 0) is 42.4 Å². The minimum atomic E-state index is -4.66. The molecule has 5 heteroatoms. The summed E-state index contributed by atoms with van der Waals surface area (Å²) in [6, 6.07) is 5.82. The van der Waals surface area contributed by atoms with Crippen molar-refractivity contribution in [3.8, 4) is 5.75 Å². The highest BCUT2D eigenvalue weighted by Crippen LogP contribution is 2.31. The lowest BCUT2D eigenvalue weighted by Gasteiger charge is -2.29. The van der Waals surface area contributed by atoms with Crippen LogP contribution in [0, 0.1) is 5.41 Å². The molecule has 0 fully saturated rings.